The minimum Gasteiger partial charge on any atom is -0.506 e. The second kappa shape index (κ2) is 9.75. The highest BCUT2D eigenvalue weighted by molar-refractivity contribution is 9.10. The first-order valence-corrected chi connectivity index (χ1v) is 9.14. The SMILES string of the molecule is O=C(N/N=C\c1cc([N+](=O)[O-])cc(Br)c1O)N/N=C\c1cc([N+](=O)[O-])cc(Br)c1O. The molecule has 2 amide bonds. The number of hydrogen-bond donors (Lipinski definition) is 4. The van der Waals surface area contributed by atoms with E-state index in [1.54, 1.807) is 0 Å². The molecule has 0 aliphatic rings. The zero-order valence-corrected chi connectivity index (χ0v) is 17.6. The summed E-state index contributed by atoms with van der Waals surface area (Å²) in [6.07, 6.45) is 1.94. The lowest BCUT2D eigenvalue weighted by atomic mass is 10.2. The number of hydrogen-bond acceptors (Lipinski definition) is 9. The molecule has 15 heteroatoms. The molecule has 0 saturated heterocycles. The van der Waals surface area contributed by atoms with Crippen molar-refractivity contribution < 1.29 is 24.9 Å². The van der Waals surface area contributed by atoms with Crippen LogP contribution in [0.25, 0.3) is 0 Å². The van der Waals surface area contributed by atoms with Gasteiger partial charge in [0.1, 0.15) is 11.5 Å². The van der Waals surface area contributed by atoms with Gasteiger partial charge in [0.05, 0.1) is 31.2 Å². The molecule has 0 atom stereocenters. The third-order valence-corrected chi connectivity index (χ3v) is 4.53. The van der Waals surface area contributed by atoms with E-state index in [1.807, 2.05) is 10.9 Å². The fourth-order valence-corrected chi connectivity index (χ4v) is 2.89. The first kappa shape index (κ1) is 22.7. The fourth-order valence-electron chi connectivity index (χ4n) is 1.96. The van der Waals surface area contributed by atoms with Crippen molar-refractivity contribution in [1.82, 2.24) is 10.9 Å². The Morgan fingerprint density at radius 1 is 0.867 bits per heavy atom. The maximum absolute atomic E-state index is 11.7. The van der Waals surface area contributed by atoms with Crippen molar-refractivity contribution >= 4 is 61.7 Å². The number of non-ortho nitro benzene ring substituents is 2. The van der Waals surface area contributed by atoms with E-state index < -0.39 is 15.9 Å². The van der Waals surface area contributed by atoms with E-state index in [2.05, 4.69) is 42.1 Å². The summed E-state index contributed by atoms with van der Waals surface area (Å²) in [5.74, 6) is -0.646. The minimum atomic E-state index is -0.935. The van der Waals surface area contributed by atoms with Gasteiger partial charge in [-0.05, 0) is 31.9 Å². The van der Waals surface area contributed by atoms with Crippen LogP contribution in [0.4, 0.5) is 16.2 Å². The van der Waals surface area contributed by atoms with Crippen LogP contribution in [0.3, 0.4) is 0 Å². The molecule has 0 radical (unpaired) electrons. The number of rotatable bonds is 6. The second-order valence-corrected chi connectivity index (χ2v) is 7.02. The van der Waals surface area contributed by atoms with E-state index in [-0.39, 0.29) is 42.9 Å². The predicted octanol–water partition coefficient (Wildman–Crippen LogP) is 3.11. The Bertz CT molecular complexity index is 1010. The summed E-state index contributed by atoms with van der Waals surface area (Å²) < 4.78 is 0.130. The van der Waals surface area contributed by atoms with Gasteiger partial charge in [-0.3, -0.25) is 20.2 Å². The lowest BCUT2D eigenvalue weighted by Gasteiger charge is -2.03. The number of urea groups is 1. The molecule has 13 nitrogen and oxygen atoms in total. The zero-order chi connectivity index (χ0) is 22.4. The normalized spacial score (nSPS) is 11.0. The number of nitrogens with one attached hydrogen (secondary N) is 2. The maximum Gasteiger partial charge on any atom is 0.355 e. The van der Waals surface area contributed by atoms with Crippen molar-refractivity contribution in [2.45, 2.75) is 0 Å². The molecule has 2 aromatic rings. The number of hydrazone groups is 2. The van der Waals surface area contributed by atoms with E-state index in [4.69, 9.17) is 0 Å². The number of nitro groups is 2. The van der Waals surface area contributed by atoms with E-state index in [0.29, 0.717) is 0 Å². The van der Waals surface area contributed by atoms with Crippen molar-refractivity contribution in [3.8, 4) is 11.5 Å². The van der Waals surface area contributed by atoms with Crippen molar-refractivity contribution in [3.05, 3.63) is 64.6 Å². The largest absolute Gasteiger partial charge is 0.506 e. The summed E-state index contributed by atoms with van der Waals surface area (Å²) in [7, 11) is 0. The van der Waals surface area contributed by atoms with Crippen LogP contribution in [0, 0.1) is 20.2 Å². The Labute approximate surface area is 183 Å². The van der Waals surface area contributed by atoms with E-state index in [9.17, 15) is 35.2 Å². The lowest BCUT2D eigenvalue weighted by Crippen LogP contribution is -2.28. The van der Waals surface area contributed by atoms with Crippen molar-refractivity contribution in [2.75, 3.05) is 0 Å². The number of halogens is 2. The van der Waals surface area contributed by atoms with Gasteiger partial charge in [0.2, 0.25) is 0 Å². The van der Waals surface area contributed by atoms with Crippen LogP contribution in [0.5, 0.6) is 11.5 Å². The van der Waals surface area contributed by atoms with Gasteiger partial charge in [-0.1, -0.05) is 0 Å². The molecular weight excluding hydrogens is 536 g/mol. The molecule has 0 fully saturated rings. The van der Waals surface area contributed by atoms with Crippen LogP contribution >= 0.6 is 31.9 Å². The molecule has 0 heterocycles. The van der Waals surface area contributed by atoms with Gasteiger partial charge in [-0.15, -0.1) is 0 Å². The van der Waals surface area contributed by atoms with Crippen LogP contribution < -0.4 is 10.9 Å². The molecule has 0 saturated carbocycles. The standard InChI is InChI=1S/C15H10Br2N6O7/c16-11-3-9(22(27)28)1-7(13(11)24)5-18-20-15(26)21-19-6-8-2-10(23(29)30)4-12(17)14(8)25/h1-6,24-25H,(H2,20,21,26)/b18-5-,19-6-. The Hall–Kier alpha value is -3.59. The molecule has 0 aromatic heterocycles. The number of nitrogens with zero attached hydrogens (tertiary/aromatic N) is 4. The fraction of sp³-hybridized carbons (Fsp3) is 0. The summed E-state index contributed by atoms with van der Waals surface area (Å²) in [6, 6.07) is 3.36. The van der Waals surface area contributed by atoms with Gasteiger partial charge in [-0.25, -0.2) is 15.6 Å². The first-order chi connectivity index (χ1) is 14.1. The number of phenolic OH excluding ortho intramolecular Hbond substituents is 2. The number of aromatic hydroxyl groups is 2. The topological polar surface area (TPSA) is 193 Å². The average molecular weight is 546 g/mol. The number of phenols is 2. The van der Waals surface area contributed by atoms with Gasteiger partial charge >= 0.3 is 6.03 Å². The zero-order valence-electron chi connectivity index (χ0n) is 14.4. The molecule has 0 aliphatic carbocycles. The van der Waals surface area contributed by atoms with Gasteiger partial charge in [0, 0.05) is 35.4 Å². The molecule has 4 N–H and O–H groups in total. The highest BCUT2D eigenvalue weighted by Crippen LogP contribution is 2.32. The number of carbonyl (C=O) groups is 1. The molecule has 0 unspecified atom stereocenters. The predicted molar refractivity (Wildman–Crippen MR) is 112 cm³/mol. The molecule has 0 aliphatic heterocycles. The summed E-state index contributed by atoms with van der Waals surface area (Å²) in [5, 5.41) is 48.5. The van der Waals surface area contributed by atoms with Crippen molar-refractivity contribution in [1.29, 1.82) is 0 Å². The Morgan fingerprint density at radius 2 is 1.23 bits per heavy atom. The first-order valence-electron chi connectivity index (χ1n) is 7.56. The van der Waals surface area contributed by atoms with E-state index in [1.165, 1.54) is 0 Å². The van der Waals surface area contributed by atoms with Gasteiger partial charge in [-0.2, -0.15) is 10.2 Å². The Kier molecular flexibility index (Phi) is 7.38. The maximum atomic E-state index is 11.7. The quantitative estimate of drug-likeness (QED) is 0.243. The number of amides is 2. The van der Waals surface area contributed by atoms with E-state index in [0.717, 1.165) is 36.7 Å². The number of carbonyl (C=O) groups excluding carboxylic acids is 1. The average Bonchev–Trinajstić information content (AvgIpc) is 2.67. The lowest BCUT2D eigenvalue weighted by molar-refractivity contribution is -0.385. The molecule has 156 valence electrons. The summed E-state index contributed by atoms with van der Waals surface area (Å²) >= 11 is 5.93. The molecular formula is C15H10Br2N6O7. The third-order valence-electron chi connectivity index (χ3n) is 3.32. The van der Waals surface area contributed by atoms with Crippen LogP contribution in [0.2, 0.25) is 0 Å². The molecule has 0 bridgehead atoms. The Balaban J connectivity index is 2.04. The van der Waals surface area contributed by atoms with Gasteiger partial charge in [0.15, 0.2) is 0 Å². The highest BCUT2D eigenvalue weighted by Gasteiger charge is 2.14. The van der Waals surface area contributed by atoms with Crippen LogP contribution in [-0.2, 0) is 0 Å². The van der Waals surface area contributed by atoms with E-state index >= 15 is 0 Å². The number of nitro benzene ring substituents is 2. The molecule has 0 spiro atoms. The van der Waals surface area contributed by atoms with Crippen LogP contribution in [0.15, 0.2) is 43.4 Å². The summed E-state index contributed by atoms with van der Waals surface area (Å²) in [4.78, 5) is 32.0. The summed E-state index contributed by atoms with van der Waals surface area (Å²) in [6.45, 7) is 0. The van der Waals surface area contributed by atoms with Gasteiger partial charge in [0.25, 0.3) is 11.4 Å². The van der Waals surface area contributed by atoms with Crippen LogP contribution in [0.1, 0.15) is 11.1 Å². The monoisotopic (exact) mass is 544 g/mol. The minimum absolute atomic E-state index is 0.0359. The Morgan fingerprint density at radius 3 is 1.57 bits per heavy atom. The van der Waals surface area contributed by atoms with Crippen molar-refractivity contribution in [3.63, 3.8) is 0 Å². The molecule has 30 heavy (non-hydrogen) atoms. The number of benzene rings is 2. The second-order valence-electron chi connectivity index (χ2n) is 5.31. The van der Waals surface area contributed by atoms with Gasteiger partial charge < -0.3 is 10.2 Å². The smallest absolute Gasteiger partial charge is 0.355 e. The molecule has 2 aromatic carbocycles. The van der Waals surface area contributed by atoms with Crippen molar-refractivity contribution in [2.24, 2.45) is 10.2 Å². The molecule has 2 rings (SSSR count). The summed E-state index contributed by atoms with van der Waals surface area (Å²) in [5.41, 5.74) is 3.31. The van der Waals surface area contributed by atoms with Crippen LogP contribution in [-0.4, -0.2) is 38.5 Å². The highest BCUT2D eigenvalue weighted by atomic mass is 79.9. The third kappa shape index (κ3) is 5.71.